The third-order valence-corrected chi connectivity index (χ3v) is 7.46. The number of phenols is 2. The van der Waals surface area contributed by atoms with Crippen LogP contribution in [0.5, 0.6) is 11.5 Å². The number of phenolic OH excluding ortho intramolecular Hbond substituents is 2. The number of likely N-dealkylation sites (tertiary alicyclic amines) is 1. The van der Waals surface area contributed by atoms with Gasteiger partial charge in [0.05, 0.1) is 11.9 Å². The van der Waals surface area contributed by atoms with E-state index in [0.717, 1.165) is 12.1 Å². The van der Waals surface area contributed by atoms with Gasteiger partial charge < -0.3 is 41.2 Å². The van der Waals surface area contributed by atoms with Crippen LogP contribution in [0.3, 0.4) is 0 Å². The number of carboxylic acids is 1. The molecule has 3 rings (SSSR count). The van der Waals surface area contributed by atoms with Crippen LogP contribution in [-0.4, -0.2) is 90.5 Å². The van der Waals surface area contributed by atoms with E-state index in [2.05, 4.69) is 25.9 Å². The lowest BCUT2D eigenvalue weighted by Crippen LogP contribution is -2.58. The highest BCUT2D eigenvalue weighted by Crippen LogP contribution is 2.24. The average Bonchev–Trinajstić information content (AvgIpc) is 3.67. The molecule has 0 unspecified atom stereocenters. The van der Waals surface area contributed by atoms with Crippen LogP contribution in [0.1, 0.15) is 62.5 Å². The zero-order valence-corrected chi connectivity index (χ0v) is 23.8. The van der Waals surface area contributed by atoms with E-state index in [9.17, 15) is 39.3 Å². The fourth-order valence-corrected chi connectivity index (χ4v) is 4.81. The molecular weight excluding hydrogens is 548 g/mol. The maximum atomic E-state index is 13.8. The molecule has 2 aromatic rings. The second kappa shape index (κ2) is 14.3. The van der Waals surface area contributed by atoms with Crippen LogP contribution in [0.15, 0.2) is 30.7 Å². The van der Waals surface area contributed by atoms with Gasteiger partial charge in [0.1, 0.15) is 35.7 Å². The zero-order valence-electron chi connectivity index (χ0n) is 23.8. The van der Waals surface area contributed by atoms with E-state index in [4.69, 9.17) is 0 Å². The van der Waals surface area contributed by atoms with Crippen LogP contribution in [0.4, 0.5) is 0 Å². The molecule has 0 radical (unpaired) electrons. The predicted octanol–water partition coefficient (Wildman–Crippen LogP) is 0.663. The molecule has 1 aliphatic heterocycles. The number of carbonyl (C=O) groups excluding carboxylic acids is 4. The molecule has 0 saturated carbocycles. The average molecular weight is 587 g/mol. The lowest BCUT2D eigenvalue weighted by Gasteiger charge is -2.31. The van der Waals surface area contributed by atoms with Crippen molar-refractivity contribution >= 4 is 29.6 Å². The van der Waals surface area contributed by atoms with Gasteiger partial charge in [-0.05, 0) is 43.4 Å². The summed E-state index contributed by atoms with van der Waals surface area (Å²) in [5, 5.41) is 37.1. The molecule has 14 nitrogen and oxygen atoms in total. The molecule has 1 aromatic carbocycles. The number of hydrogen-bond acceptors (Lipinski definition) is 8. The molecule has 228 valence electrons. The summed E-state index contributed by atoms with van der Waals surface area (Å²) in [7, 11) is 0. The highest BCUT2D eigenvalue weighted by atomic mass is 16.4. The Labute approximate surface area is 242 Å². The van der Waals surface area contributed by atoms with Crippen molar-refractivity contribution in [1.82, 2.24) is 30.8 Å². The van der Waals surface area contributed by atoms with Crippen molar-refractivity contribution in [2.75, 3.05) is 6.54 Å². The summed E-state index contributed by atoms with van der Waals surface area (Å²) < 4.78 is 0. The van der Waals surface area contributed by atoms with Crippen molar-refractivity contribution in [3.05, 3.63) is 42.0 Å². The molecule has 0 bridgehead atoms. The monoisotopic (exact) mass is 586 g/mol. The number of nitrogens with one attached hydrogen (secondary N) is 4. The molecule has 4 amide bonds. The van der Waals surface area contributed by atoms with Crippen LogP contribution >= 0.6 is 0 Å². The van der Waals surface area contributed by atoms with Gasteiger partial charge in [0.25, 0.3) is 5.91 Å². The van der Waals surface area contributed by atoms with Gasteiger partial charge in [-0.15, -0.1) is 0 Å². The topological polar surface area (TPSA) is 214 Å². The Bertz CT molecular complexity index is 1280. The number of hydrogen-bond donors (Lipinski definition) is 7. The molecule has 0 aliphatic carbocycles. The van der Waals surface area contributed by atoms with Crippen molar-refractivity contribution < 1.29 is 39.3 Å². The number of imidazole rings is 1. The molecule has 2 heterocycles. The van der Waals surface area contributed by atoms with Crippen LogP contribution in [-0.2, 0) is 25.6 Å². The van der Waals surface area contributed by atoms with Crippen LogP contribution < -0.4 is 16.0 Å². The minimum Gasteiger partial charge on any atom is -0.508 e. The molecule has 14 heteroatoms. The van der Waals surface area contributed by atoms with Gasteiger partial charge in [-0.25, -0.2) is 9.78 Å². The van der Waals surface area contributed by atoms with Gasteiger partial charge >= 0.3 is 5.97 Å². The van der Waals surface area contributed by atoms with Gasteiger partial charge in [-0.3, -0.25) is 19.2 Å². The first-order chi connectivity index (χ1) is 20.0. The Balaban J connectivity index is 1.81. The molecule has 7 N–H and O–H groups in total. The van der Waals surface area contributed by atoms with Crippen molar-refractivity contribution in [2.24, 2.45) is 5.92 Å². The Morgan fingerprint density at radius 2 is 1.81 bits per heavy atom. The predicted molar refractivity (Wildman–Crippen MR) is 149 cm³/mol. The van der Waals surface area contributed by atoms with Crippen molar-refractivity contribution in [2.45, 2.75) is 77.0 Å². The largest absolute Gasteiger partial charge is 0.508 e. The van der Waals surface area contributed by atoms with E-state index < -0.39 is 53.8 Å². The number of aromatic amines is 1. The lowest BCUT2D eigenvalue weighted by molar-refractivity contribution is -0.143. The second-order valence-electron chi connectivity index (χ2n) is 10.4. The SMILES string of the molecule is CC[C@H](NC(=O)[C@@H](NC(=O)[C@@H]1CCCN1C(=O)[C@H](Cc1cnc[nH]1)NC(=O)c1cc(O)ccc1O)[C@@H](C)CC)C(=O)O. The quantitative estimate of drug-likeness (QED) is 0.164. The minimum absolute atomic E-state index is 0.000480. The summed E-state index contributed by atoms with van der Waals surface area (Å²) in [6.45, 7) is 5.44. The fraction of sp³-hybridized carbons (Fsp3) is 0.500. The number of H-pyrrole nitrogens is 1. The highest BCUT2D eigenvalue weighted by Gasteiger charge is 2.40. The van der Waals surface area contributed by atoms with Crippen LogP contribution in [0, 0.1) is 5.92 Å². The number of nitrogens with zero attached hydrogens (tertiary/aromatic N) is 2. The van der Waals surface area contributed by atoms with Crippen molar-refractivity contribution in [1.29, 1.82) is 0 Å². The normalized spacial score (nSPS) is 17.5. The zero-order chi connectivity index (χ0) is 31.0. The van der Waals surface area contributed by atoms with Gasteiger partial charge in [-0.1, -0.05) is 27.2 Å². The van der Waals surface area contributed by atoms with Gasteiger partial charge in [0.15, 0.2) is 0 Å². The third kappa shape index (κ3) is 7.77. The van der Waals surface area contributed by atoms with Crippen molar-refractivity contribution in [3.8, 4) is 11.5 Å². The first-order valence-electron chi connectivity index (χ1n) is 13.9. The van der Waals surface area contributed by atoms with Gasteiger partial charge in [-0.2, -0.15) is 0 Å². The summed E-state index contributed by atoms with van der Waals surface area (Å²) >= 11 is 0. The molecule has 1 saturated heterocycles. The molecular formula is C28H38N6O8. The van der Waals surface area contributed by atoms with Crippen molar-refractivity contribution in [3.63, 3.8) is 0 Å². The smallest absolute Gasteiger partial charge is 0.326 e. The van der Waals surface area contributed by atoms with Gasteiger partial charge in [0, 0.05) is 24.9 Å². The number of aromatic nitrogens is 2. The number of aliphatic carboxylic acids is 1. The van der Waals surface area contributed by atoms with Crippen LogP contribution in [0.25, 0.3) is 0 Å². The standard InChI is InChI=1S/C28H38N6O8/c1-4-15(3)23(26(39)31-19(5-2)28(41)42)33-25(38)21-7-6-10-34(21)27(40)20(11-16-13-29-14-30-16)32-24(37)18-12-17(35)8-9-22(18)36/h8-9,12-15,19-21,23,35-36H,4-7,10-11H2,1-3H3,(H,29,30)(H,31,39)(H,32,37)(H,33,38)(H,41,42)/t15-,19-,20-,21-,23-/m0/s1. The number of carboxylic acid groups (broad SMARTS) is 1. The Hall–Kier alpha value is -4.62. The molecule has 0 spiro atoms. The number of benzene rings is 1. The summed E-state index contributed by atoms with van der Waals surface area (Å²) in [6.07, 6.45) is 4.41. The Morgan fingerprint density at radius 3 is 2.43 bits per heavy atom. The maximum Gasteiger partial charge on any atom is 0.326 e. The van der Waals surface area contributed by atoms with E-state index >= 15 is 0 Å². The first-order valence-corrected chi connectivity index (χ1v) is 13.9. The van der Waals surface area contributed by atoms with Crippen LogP contribution in [0.2, 0.25) is 0 Å². The Morgan fingerprint density at radius 1 is 1.07 bits per heavy atom. The van der Waals surface area contributed by atoms with E-state index in [1.165, 1.54) is 23.5 Å². The first kappa shape index (κ1) is 31.9. The minimum atomic E-state index is -1.18. The highest BCUT2D eigenvalue weighted by molar-refractivity contribution is 6.01. The number of aromatic hydroxyl groups is 2. The maximum absolute atomic E-state index is 13.8. The fourth-order valence-electron chi connectivity index (χ4n) is 4.81. The summed E-state index contributed by atoms with van der Waals surface area (Å²) in [6, 6.07) is -0.798. The lowest BCUT2D eigenvalue weighted by atomic mass is 9.97. The molecule has 1 aliphatic rings. The van der Waals surface area contributed by atoms with E-state index in [1.807, 2.05) is 6.92 Å². The summed E-state index contributed by atoms with van der Waals surface area (Å²) in [5.74, 6) is -4.71. The molecule has 42 heavy (non-hydrogen) atoms. The van der Waals surface area contributed by atoms with E-state index in [-0.39, 0.29) is 42.4 Å². The number of amides is 4. The summed E-state index contributed by atoms with van der Waals surface area (Å²) in [5.41, 5.74) is 0.300. The number of carbonyl (C=O) groups is 5. The number of rotatable bonds is 13. The molecule has 1 aromatic heterocycles. The summed E-state index contributed by atoms with van der Waals surface area (Å²) in [4.78, 5) is 73.0. The molecule has 1 fully saturated rings. The van der Waals surface area contributed by atoms with E-state index in [0.29, 0.717) is 25.0 Å². The second-order valence-corrected chi connectivity index (χ2v) is 10.4. The molecule has 5 atom stereocenters. The van der Waals surface area contributed by atoms with Gasteiger partial charge in [0.2, 0.25) is 17.7 Å². The third-order valence-electron chi connectivity index (χ3n) is 7.46. The van der Waals surface area contributed by atoms with E-state index in [1.54, 1.807) is 13.8 Å². The Kier molecular flexibility index (Phi) is 10.9.